The molecule has 0 radical (unpaired) electrons. The van der Waals surface area contributed by atoms with E-state index in [4.69, 9.17) is 0 Å². The highest BCUT2D eigenvalue weighted by Crippen LogP contribution is 2.04. The van der Waals surface area contributed by atoms with E-state index in [9.17, 15) is 4.79 Å². The number of nitrogens with zero attached hydrogens (tertiary/aromatic N) is 5. The monoisotopic (exact) mass is 209 g/mol. The summed E-state index contributed by atoms with van der Waals surface area (Å²) in [7, 11) is 0. The third-order valence-corrected chi connectivity index (χ3v) is 2.19. The van der Waals surface area contributed by atoms with Crippen molar-refractivity contribution in [1.29, 1.82) is 0 Å². The third kappa shape index (κ3) is 1.41. The van der Waals surface area contributed by atoms with Gasteiger partial charge in [-0.1, -0.05) is 0 Å². The van der Waals surface area contributed by atoms with Gasteiger partial charge in [-0.25, -0.2) is 9.67 Å². The first kappa shape index (κ1) is 8.95. The number of carbonyl (C=O) groups excluding carboxylic acids is 1. The summed E-state index contributed by atoms with van der Waals surface area (Å²) in [6.45, 7) is 2.50. The topological polar surface area (TPSA) is 73.6 Å². The van der Waals surface area contributed by atoms with E-state index >= 15 is 0 Å². The van der Waals surface area contributed by atoms with Gasteiger partial charge in [0, 0.05) is 6.54 Å². The molecule has 0 fully saturated rings. The molecule has 2 aromatic rings. The predicted octanol–water partition coefficient (Wildman–Crippen LogP) is 0.381. The molecule has 0 saturated heterocycles. The third-order valence-electron chi connectivity index (χ3n) is 1.71. The first-order chi connectivity index (χ1) is 6.83. The Bertz CT molecular complexity index is 435. The first-order valence-corrected chi connectivity index (χ1v) is 4.76. The lowest BCUT2D eigenvalue weighted by Gasteiger charge is -1.98. The summed E-state index contributed by atoms with van der Waals surface area (Å²) in [6.07, 6.45) is 2.79. The van der Waals surface area contributed by atoms with Crippen LogP contribution in [0.2, 0.25) is 0 Å². The Hall–Kier alpha value is -1.63. The van der Waals surface area contributed by atoms with E-state index in [2.05, 4.69) is 18.8 Å². The largest absolute Gasteiger partial charge is 0.283 e. The van der Waals surface area contributed by atoms with Crippen LogP contribution in [-0.2, 0) is 6.54 Å². The lowest BCUT2D eigenvalue weighted by molar-refractivity contribution is 0.102. The van der Waals surface area contributed by atoms with E-state index in [0.717, 1.165) is 11.7 Å². The second-order valence-electron chi connectivity index (χ2n) is 2.52. The maximum absolute atomic E-state index is 11.7. The van der Waals surface area contributed by atoms with Crippen LogP contribution in [0.4, 0.5) is 0 Å². The van der Waals surface area contributed by atoms with Crippen LogP contribution in [0.15, 0.2) is 12.5 Å². The van der Waals surface area contributed by atoms with Gasteiger partial charge in [-0.05, 0) is 6.92 Å². The highest BCUT2D eigenvalue weighted by Gasteiger charge is 2.17. The van der Waals surface area contributed by atoms with Gasteiger partial charge < -0.3 is 0 Å². The van der Waals surface area contributed by atoms with Gasteiger partial charge in [0.1, 0.15) is 12.0 Å². The van der Waals surface area contributed by atoms with Crippen molar-refractivity contribution in [3.63, 3.8) is 0 Å². The van der Waals surface area contributed by atoms with E-state index in [1.54, 1.807) is 0 Å². The van der Waals surface area contributed by atoms with Gasteiger partial charge in [0.05, 0.1) is 17.9 Å². The van der Waals surface area contributed by atoms with Gasteiger partial charge in [0.15, 0.2) is 0 Å². The molecule has 0 aromatic carbocycles. The molecule has 0 bridgehead atoms. The minimum Gasteiger partial charge on any atom is -0.283 e. The Kier molecular flexibility index (Phi) is 2.32. The van der Waals surface area contributed by atoms with E-state index < -0.39 is 0 Å². The Morgan fingerprint density at radius 2 is 2.50 bits per heavy atom. The fraction of sp³-hybridized carbons (Fsp3) is 0.286. The second kappa shape index (κ2) is 3.62. The van der Waals surface area contributed by atoms with Crippen LogP contribution in [-0.4, -0.2) is 29.3 Å². The number of hydrogen-bond acceptors (Lipinski definition) is 6. The molecule has 2 rings (SSSR count). The molecule has 2 aromatic heterocycles. The standard InChI is InChI=1S/C7H7N5OS/c1-2-12-7(8-4-9-12)6(13)5-3-10-14-11-5/h3-4H,2H2,1H3. The lowest BCUT2D eigenvalue weighted by Crippen LogP contribution is -2.12. The van der Waals surface area contributed by atoms with Crippen molar-refractivity contribution in [3.8, 4) is 0 Å². The molecule has 0 saturated carbocycles. The number of hydrogen-bond donors (Lipinski definition) is 0. The fourth-order valence-electron chi connectivity index (χ4n) is 1.05. The number of carbonyl (C=O) groups is 1. The summed E-state index contributed by atoms with van der Waals surface area (Å²) < 4.78 is 9.14. The summed E-state index contributed by atoms with van der Waals surface area (Å²) in [5, 5.41) is 3.91. The van der Waals surface area contributed by atoms with Crippen molar-refractivity contribution in [2.75, 3.05) is 0 Å². The van der Waals surface area contributed by atoms with E-state index in [0.29, 0.717) is 18.1 Å². The van der Waals surface area contributed by atoms with Crippen molar-refractivity contribution < 1.29 is 4.79 Å². The molecule has 0 aliphatic heterocycles. The minimum absolute atomic E-state index is 0.238. The molecule has 0 amide bonds. The van der Waals surface area contributed by atoms with Crippen molar-refractivity contribution in [2.45, 2.75) is 13.5 Å². The van der Waals surface area contributed by atoms with Gasteiger partial charge in [-0.15, -0.1) is 0 Å². The Morgan fingerprint density at radius 1 is 1.64 bits per heavy atom. The minimum atomic E-state index is -0.238. The van der Waals surface area contributed by atoms with Crippen LogP contribution in [0.5, 0.6) is 0 Å². The Morgan fingerprint density at radius 3 is 3.14 bits per heavy atom. The Labute approximate surface area is 83.9 Å². The predicted molar refractivity (Wildman–Crippen MR) is 49.0 cm³/mol. The van der Waals surface area contributed by atoms with Crippen LogP contribution in [0.3, 0.4) is 0 Å². The van der Waals surface area contributed by atoms with Crippen LogP contribution in [0, 0.1) is 0 Å². The van der Waals surface area contributed by atoms with Crippen LogP contribution < -0.4 is 0 Å². The van der Waals surface area contributed by atoms with Gasteiger partial charge in [-0.3, -0.25) is 4.79 Å². The molecule has 2 heterocycles. The number of rotatable bonds is 3. The molecule has 0 N–H and O–H groups in total. The lowest BCUT2D eigenvalue weighted by atomic mass is 10.3. The van der Waals surface area contributed by atoms with E-state index in [-0.39, 0.29) is 5.78 Å². The molecule has 0 unspecified atom stereocenters. The highest BCUT2D eigenvalue weighted by atomic mass is 32.1. The maximum atomic E-state index is 11.7. The zero-order chi connectivity index (χ0) is 9.97. The summed E-state index contributed by atoms with van der Waals surface area (Å²) >= 11 is 1.00. The van der Waals surface area contributed by atoms with Crippen molar-refractivity contribution in [3.05, 3.63) is 24.0 Å². The molecular weight excluding hydrogens is 202 g/mol. The SMILES string of the molecule is CCn1ncnc1C(=O)c1cnsn1. The zero-order valence-electron chi connectivity index (χ0n) is 7.41. The molecule has 0 aliphatic rings. The maximum Gasteiger partial charge on any atom is 0.251 e. The summed E-state index contributed by atoms with van der Waals surface area (Å²) in [5.74, 6) is 0.0679. The molecule has 0 aliphatic carbocycles. The first-order valence-electron chi connectivity index (χ1n) is 4.03. The smallest absolute Gasteiger partial charge is 0.251 e. The highest BCUT2D eigenvalue weighted by molar-refractivity contribution is 6.99. The molecular formula is C7H7N5OS. The van der Waals surface area contributed by atoms with Crippen molar-refractivity contribution >= 4 is 17.5 Å². The van der Waals surface area contributed by atoms with Crippen molar-refractivity contribution in [1.82, 2.24) is 23.5 Å². The summed E-state index contributed by atoms with van der Waals surface area (Å²) in [5.41, 5.74) is 0.317. The quantitative estimate of drug-likeness (QED) is 0.683. The average molecular weight is 209 g/mol. The summed E-state index contributed by atoms with van der Waals surface area (Å²) in [4.78, 5) is 15.6. The number of aryl methyl sites for hydroxylation is 1. The number of ketones is 1. The average Bonchev–Trinajstić information content (AvgIpc) is 2.87. The van der Waals surface area contributed by atoms with Crippen LogP contribution in [0.1, 0.15) is 23.2 Å². The molecule has 0 spiro atoms. The van der Waals surface area contributed by atoms with E-state index in [1.807, 2.05) is 6.92 Å². The number of aromatic nitrogens is 5. The van der Waals surface area contributed by atoms with Crippen LogP contribution in [0.25, 0.3) is 0 Å². The molecule has 6 nitrogen and oxygen atoms in total. The Balaban J connectivity index is 2.36. The van der Waals surface area contributed by atoms with Crippen molar-refractivity contribution in [2.24, 2.45) is 0 Å². The normalized spacial score (nSPS) is 10.4. The van der Waals surface area contributed by atoms with Gasteiger partial charge >= 0.3 is 0 Å². The van der Waals surface area contributed by atoms with Gasteiger partial charge in [-0.2, -0.15) is 13.8 Å². The zero-order valence-corrected chi connectivity index (χ0v) is 8.23. The van der Waals surface area contributed by atoms with Gasteiger partial charge in [0.25, 0.3) is 5.78 Å². The fourth-order valence-corrected chi connectivity index (χ4v) is 1.46. The molecule has 7 heteroatoms. The van der Waals surface area contributed by atoms with Gasteiger partial charge in [0.2, 0.25) is 5.82 Å². The van der Waals surface area contributed by atoms with Crippen LogP contribution >= 0.6 is 11.7 Å². The molecule has 0 atom stereocenters. The molecule has 72 valence electrons. The summed E-state index contributed by atoms with van der Waals surface area (Å²) in [6, 6.07) is 0. The van der Waals surface area contributed by atoms with E-state index in [1.165, 1.54) is 17.2 Å². The second-order valence-corrected chi connectivity index (χ2v) is 3.08. The molecule has 14 heavy (non-hydrogen) atoms.